The molecule has 0 unspecified atom stereocenters. The molecule has 1 saturated carbocycles. The van der Waals surface area contributed by atoms with E-state index >= 15 is 0 Å². The van der Waals surface area contributed by atoms with Gasteiger partial charge < -0.3 is 5.32 Å². The molecule has 0 saturated heterocycles. The van der Waals surface area contributed by atoms with Gasteiger partial charge in [0, 0.05) is 12.6 Å². The summed E-state index contributed by atoms with van der Waals surface area (Å²) in [4.78, 5) is 0. The van der Waals surface area contributed by atoms with Crippen molar-refractivity contribution in [1.82, 2.24) is 5.32 Å². The molecule has 0 heterocycles. The number of aryl methyl sites for hydroxylation is 2. The maximum absolute atomic E-state index is 13.5. The summed E-state index contributed by atoms with van der Waals surface area (Å²) in [6.07, 6.45) is -2.58. The second kappa shape index (κ2) is 6.34. The molecule has 0 bridgehead atoms. The lowest BCUT2D eigenvalue weighted by Crippen LogP contribution is -2.36. The van der Waals surface area contributed by atoms with Crippen molar-refractivity contribution >= 4 is 0 Å². The fraction of sp³-hybridized carbons (Fsp3) is 0.625. The van der Waals surface area contributed by atoms with Gasteiger partial charge in [0.2, 0.25) is 0 Å². The van der Waals surface area contributed by atoms with Crippen LogP contribution in [-0.4, -0.2) is 12.2 Å². The van der Waals surface area contributed by atoms with Crippen LogP contribution in [-0.2, 0) is 6.54 Å². The van der Waals surface area contributed by atoms with Gasteiger partial charge in [-0.25, -0.2) is 4.39 Å². The summed E-state index contributed by atoms with van der Waals surface area (Å²) in [5.41, 5.74) is 2.18. The van der Waals surface area contributed by atoms with Gasteiger partial charge in [0.15, 0.2) is 0 Å². The van der Waals surface area contributed by atoms with Crippen molar-refractivity contribution in [3.8, 4) is 0 Å². The van der Waals surface area contributed by atoms with Crippen molar-refractivity contribution in [2.75, 3.05) is 0 Å². The maximum Gasteiger partial charge on any atom is 0.391 e. The van der Waals surface area contributed by atoms with Crippen LogP contribution in [0, 0.1) is 25.6 Å². The molecular formula is C16H21F4N. The van der Waals surface area contributed by atoms with E-state index in [0.29, 0.717) is 30.5 Å². The normalized spacial score (nSPS) is 23.3. The Morgan fingerprint density at radius 2 is 1.57 bits per heavy atom. The van der Waals surface area contributed by atoms with Gasteiger partial charge in [-0.15, -0.1) is 0 Å². The third-order valence-electron chi connectivity index (χ3n) is 4.28. The fourth-order valence-electron chi connectivity index (χ4n) is 3.02. The highest BCUT2D eigenvalue weighted by atomic mass is 19.4. The molecule has 1 aromatic carbocycles. The number of nitrogens with one attached hydrogen (secondary N) is 1. The molecule has 5 heteroatoms. The van der Waals surface area contributed by atoms with Crippen molar-refractivity contribution in [1.29, 1.82) is 0 Å². The minimum atomic E-state index is -4.06. The second-order valence-electron chi connectivity index (χ2n) is 6.01. The Kier molecular flexibility index (Phi) is 4.91. The van der Waals surface area contributed by atoms with Gasteiger partial charge in [0.25, 0.3) is 0 Å². The van der Waals surface area contributed by atoms with E-state index in [4.69, 9.17) is 0 Å². The molecule has 0 atom stereocenters. The van der Waals surface area contributed by atoms with Gasteiger partial charge >= 0.3 is 6.18 Å². The standard InChI is InChI=1S/C16H21F4N/c1-10-7-12(8-11(2)15(10)17)9-21-14-5-3-13(4-6-14)16(18,19)20/h7-8,13-14,21H,3-6,9H2,1-2H3. The van der Waals surface area contributed by atoms with Gasteiger partial charge in [-0.2, -0.15) is 13.2 Å². The van der Waals surface area contributed by atoms with Crippen LogP contribution < -0.4 is 5.32 Å². The Labute approximate surface area is 122 Å². The zero-order valence-electron chi connectivity index (χ0n) is 12.4. The van der Waals surface area contributed by atoms with Crippen molar-refractivity contribution < 1.29 is 17.6 Å². The van der Waals surface area contributed by atoms with Crippen LogP contribution in [0.1, 0.15) is 42.4 Å². The van der Waals surface area contributed by atoms with Gasteiger partial charge in [0.05, 0.1) is 5.92 Å². The Balaban J connectivity index is 1.85. The lowest BCUT2D eigenvalue weighted by molar-refractivity contribution is -0.182. The smallest absolute Gasteiger partial charge is 0.310 e. The molecule has 0 aliphatic heterocycles. The number of benzene rings is 1. The molecule has 2 rings (SSSR count). The van der Waals surface area contributed by atoms with Crippen molar-refractivity contribution in [3.63, 3.8) is 0 Å². The summed E-state index contributed by atoms with van der Waals surface area (Å²) in [5, 5.41) is 3.29. The largest absolute Gasteiger partial charge is 0.391 e. The highest BCUT2D eigenvalue weighted by Gasteiger charge is 2.41. The number of rotatable bonds is 3. The highest BCUT2D eigenvalue weighted by molar-refractivity contribution is 5.30. The van der Waals surface area contributed by atoms with Crippen LogP contribution in [0.15, 0.2) is 12.1 Å². The molecule has 1 fully saturated rings. The summed E-state index contributed by atoms with van der Waals surface area (Å²) < 4.78 is 51.3. The molecule has 1 aromatic rings. The van der Waals surface area contributed by atoms with Crippen LogP contribution in [0.2, 0.25) is 0 Å². The molecule has 0 aromatic heterocycles. The van der Waals surface area contributed by atoms with Crippen LogP contribution >= 0.6 is 0 Å². The first-order chi connectivity index (χ1) is 9.77. The number of halogens is 4. The minimum absolute atomic E-state index is 0.120. The fourth-order valence-corrected chi connectivity index (χ4v) is 3.02. The first kappa shape index (κ1) is 16.3. The summed E-state index contributed by atoms with van der Waals surface area (Å²) in [5.74, 6) is -1.34. The highest BCUT2D eigenvalue weighted by Crippen LogP contribution is 2.37. The molecule has 1 nitrogen and oxygen atoms in total. The first-order valence-electron chi connectivity index (χ1n) is 7.33. The Bertz CT molecular complexity index is 465. The summed E-state index contributed by atoms with van der Waals surface area (Å²) in [6, 6.07) is 3.70. The first-order valence-corrected chi connectivity index (χ1v) is 7.33. The quantitative estimate of drug-likeness (QED) is 0.801. The lowest BCUT2D eigenvalue weighted by atomic mass is 9.85. The molecule has 1 N–H and O–H groups in total. The second-order valence-corrected chi connectivity index (χ2v) is 6.01. The van der Waals surface area contributed by atoms with Crippen LogP contribution in [0.25, 0.3) is 0 Å². The van der Waals surface area contributed by atoms with E-state index < -0.39 is 12.1 Å². The zero-order valence-corrected chi connectivity index (χ0v) is 12.4. The Hall–Kier alpha value is -1.10. The SMILES string of the molecule is Cc1cc(CNC2CCC(C(F)(F)F)CC2)cc(C)c1F. The summed E-state index contributed by atoms with van der Waals surface area (Å²) in [6.45, 7) is 4.02. The predicted octanol–water partition coefficient (Wildman–Crippen LogP) is 4.65. The molecule has 21 heavy (non-hydrogen) atoms. The topological polar surface area (TPSA) is 12.0 Å². The lowest BCUT2D eigenvalue weighted by Gasteiger charge is -2.30. The molecular weight excluding hydrogens is 282 g/mol. The minimum Gasteiger partial charge on any atom is -0.310 e. The van der Waals surface area contributed by atoms with Gasteiger partial charge in [-0.3, -0.25) is 0 Å². The van der Waals surface area contributed by atoms with E-state index in [1.54, 1.807) is 26.0 Å². The van der Waals surface area contributed by atoms with Crippen LogP contribution in [0.5, 0.6) is 0 Å². The van der Waals surface area contributed by atoms with E-state index in [-0.39, 0.29) is 24.7 Å². The zero-order chi connectivity index (χ0) is 15.6. The average Bonchev–Trinajstić information content (AvgIpc) is 2.42. The molecule has 0 radical (unpaired) electrons. The molecule has 0 amide bonds. The van der Waals surface area contributed by atoms with E-state index in [0.717, 1.165) is 5.56 Å². The number of alkyl halides is 3. The third-order valence-corrected chi connectivity index (χ3v) is 4.28. The van der Waals surface area contributed by atoms with E-state index in [2.05, 4.69) is 5.32 Å². The van der Waals surface area contributed by atoms with Gasteiger partial charge in [-0.1, -0.05) is 12.1 Å². The van der Waals surface area contributed by atoms with Gasteiger partial charge in [-0.05, 0) is 56.2 Å². The van der Waals surface area contributed by atoms with Crippen molar-refractivity contribution in [2.24, 2.45) is 5.92 Å². The van der Waals surface area contributed by atoms with Gasteiger partial charge in [0.1, 0.15) is 5.82 Å². The molecule has 118 valence electrons. The van der Waals surface area contributed by atoms with E-state index in [1.165, 1.54) is 0 Å². The number of hydrogen-bond acceptors (Lipinski definition) is 1. The third kappa shape index (κ3) is 4.19. The summed E-state index contributed by atoms with van der Waals surface area (Å²) >= 11 is 0. The van der Waals surface area contributed by atoms with Crippen molar-refractivity contribution in [3.05, 3.63) is 34.6 Å². The monoisotopic (exact) mass is 303 g/mol. The Morgan fingerprint density at radius 1 is 1.05 bits per heavy atom. The molecule has 0 spiro atoms. The summed E-state index contributed by atoms with van der Waals surface area (Å²) in [7, 11) is 0. The average molecular weight is 303 g/mol. The van der Waals surface area contributed by atoms with E-state index in [1.807, 2.05) is 0 Å². The maximum atomic E-state index is 13.5. The Morgan fingerprint density at radius 3 is 2.05 bits per heavy atom. The van der Waals surface area contributed by atoms with Crippen LogP contribution in [0.4, 0.5) is 17.6 Å². The predicted molar refractivity (Wildman–Crippen MR) is 74.5 cm³/mol. The molecule has 1 aliphatic carbocycles. The van der Waals surface area contributed by atoms with Crippen LogP contribution in [0.3, 0.4) is 0 Å². The van der Waals surface area contributed by atoms with Crippen molar-refractivity contribution in [2.45, 2.75) is 58.3 Å². The van der Waals surface area contributed by atoms with E-state index in [9.17, 15) is 17.6 Å². The number of hydrogen-bond donors (Lipinski definition) is 1. The molecule has 1 aliphatic rings.